The van der Waals surface area contributed by atoms with Crippen molar-refractivity contribution in [3.63, 3.8) is 0 Å². The van der Waals surface area contributed by atoms with Crippen LogP contribution in [0.4, 0.5) is 5.69 Å². The van der Waals surface area contributed by atoms with E-state index in [0.717, 1.165) is 5.56 Å². The number of methoxy groups -OCH3 is 2. The summed E-state index contributed by atoms with van der Waals surface area (Å²) in [5, 5.41) is 3.62. The van der Waals surface area contributed by atoms with Crippen LogP contribution in [-0.4, -0.2) is 20.1 Å². The van der Waals surface area contributed by atoms with Crippen LogP contribution in [0.2, 0.25) is 10.0 Å². The van der Waals surface area contributed by atoms with Gasteiger partial charge < -0.3 is 14.8 Å². The predicted octanol–water partition coefficient (Wildman–Crippen LogP) is 4.97. The first-order valence-electron chi connectivity index (χ1n) is 7.11. The number of hydrogen-bond acceptors (Lipinski definition) is 3. The molecule has 2 aromatic carbocycles. The topological polar surface area (TPSA) is 47.6 Å². The molecule has 0 atom stereocenters. The molecule has 0 aromatic heterocycles. The Hall–Kier alpha value is -2.17. The standard InChI is InChI=1S/C18H17Cl2NO3/c1-11-4-6-15(13(19)8-11)21-17(22)7-5-12-9-14(20)18(24-3)16(10-12)23-2/h4-10H,1-3H3,(H,21,22)/b7-5+. The molecule has 0 radical (unpaired) electrons. The highest BCUT2D eigenvalue weighted by atomic mass is 35.5. The van der Waals surface area contributed by atoms with Gasteiger partial charge in [0.15, 0.2) is 11.5 Å². The van der Waals surface area contributed by atoms with E-state index in [1.54, 1.807) is 30.3 Å². The van der Waals surface area contributed by atoms with E-state index in [1.807, 2.05) is 13.0 Å². The summed E-state index contributed by atoms with van der Waals surface area (Å²) in [4.78, 5) is 12.0. The third-order valence-corrected chi connectivity index (χ3v) is 3.86. The minimum Gasteiger partial charge on any atom is -0.493 e. The summed E-state index contributed by atoms with van der Waals surface area (Å²) < 4.78 is 10.4. The molecule has 24 heavy (non-hydrogen) atoms. The van der Waals surface area contributed by atoms with Crippen molar-refractivity contribution in [2.24, 2.45) is 0 Å². The average Bonchev–Trinajstić information content (AvgIpc) is 2.55. The van der Waals surface area contributed by atoms with Crippen molar-refractivity contribution in [1.29, 1.82) is 0 Å². The van der Waals surface area contributed by atoms with Crippen molar-refractivity contribution in [1.82, 2.24) is 0 Å². The summed E-state index contributed by atoms with van der Waals surface area (Å²) in [5.41, 5.74) is 2.29. The number of amides is 1. The van der Waals surface area contributed by atoms with E-state index in [4.69, 9.17) is 32.7 Å². The molecule has 0 unspecified atom stereocenters. The Morgan fingerprint density at radius 2 is 1.83 bits per heavy atom. The molecule has 1 amide bonds. The van der Waals surface area contributed by atoms with Gasteiger partial charge in [0.1, 0.15) is 0 Å². The maximum atomic E-state index is 12.0. The third kappa shape index (κ3) is 4.43. The molecule has 2 rings (SSSR count). The van der Waals surface area contributed by atoms with Crippen molar-refractivity contribution < 1.29 is 14.3 Å². The molecule has 0 saturated carbocycles. The zero-order chi connectivity index (χ0) is 17.7. The van der Waals surface area contributed by atoms with E-state index in [1.165, 1.54) is 20.3 Å². The van der Waals surface area contributed by atoms with Crippen LogP contribution in [0.25, 0.3) is 6.08 Å². The molecule has 0 heterocycles. The molecule has 0 spiro atoms. The number of aryl methyl sites for hydroxylation is 1. The second-order valence-electron chi connectivity index (χ2n) is 5.04. The molecule has 2 aromatic rings. The molecule has 0 aliphatic heterocycles. The maximum Gasteiger partial charge on any atom is 0.248 e. The molecular formula is C18H17Cl2NO3. The number of ether oxygens (including phenoxy) is 2. The number of halogens is 2. The summed E-state index contributed by atoms with van der Waals surface area (Å²) in [6.45, 7) is 1.93. The first-order chi connectivity index (χ1) is 11.4. The number of benzene rings is 2. The van der Waals surface area contributed by atoms with Crippen LogP contribution < -0.4 is 14.8 Å². The summed E-state index contributed by atoms with van der Waals surface area (Å²) in [6.07, 6.45) is 3.03. The molecule has 4 nitrogen and oxygen atoms in total. The SMILES string of the molecule is COc1cc(/C=C/C(=O)Nc2ccc(C)cc2Cl)cc(Cl)c1OC. The number of nitrogens with one attached hydrogen (secondary N) is 1. The fourth-order valence-corrected chi connectivity index (χ4v) is 2.68. The third-order valence-electron chi connectivity index (χ3n) is 3.27. The van der Waals surface area contributed by atoms with Gasteiger partial charge in [0.25, 0.3) is 0 Å². The Balaban J connectivity index is 2.15. The van der Waals surface area contributed by atoms with Crippen LogP contribution in [-0.2, 0) is 4.79 Å². The molecular weight excluding hydrogens is 349 g/mol. The number of carbonyl (C=O) groups is 1. The highest BCUT2D eigenvalue weighted by Gasteiger charge is 2.10. The van der Waals surface area contributed by atoms with E-state index < -0.39 is 0 Å². The quantitative estimate of drug-likeness (QED) is 0.760. The molecule has 126 valence electrons. The molecule has 0 bridgehead atoms. The number of anilines is 1. The lowest BCUT2D eigenvalue weighted by Crippen LogP contribution is -2.08. The van der Waals surface area contributed by atoms with Crippen molar-refractivity contribution in [3.8, 4) is 11.5 Å². The van der Waals surface area contributed by atoms with Crippen molar-refractivity contribution in [3.05, 3.63) is 57.6 Å². The van der Waals surface area contributed by atoms with Gasteiger partial charge in [0, 0.05) is 6.08 Å². The van der Waals surface area contributed by atoms with Gasteiger partial charge in [-0.25, -0.2) is 0 Å². The highest BCUT2D eigenvalue weighted by Crippen LogP contribution is 2.36. The fraction of sp³-hybridized carbons (Fsp3) is 0.167. The number of carbonyl (C=O) groups excluding carboxylic acids is 1. The predicted molar refractivity (Wildman–Crippen MR) is 98.4 cm³/mol. The van der Waals surface area contributed by atoms with Gasteiger partial charge in [0.2, 0.25) is 5.91 Å². The monoisotopic (exact) mass is 365 g/mol. The molecule has 0 aliphatic carbocycles. The van der Waals surface area contributed by atoms with Crippen LogP contribution in [0.1, 0.15) is 11.1 Å². The van der Waals surface area contributed by atoms with Crippen LogP contribution in [0, 0.1) is 6.92 Å². The maximum absolute atomic E-state index is 12.0. The minimum atomic E-state index is -0.299. The van der Waals surface area contributed by atoms with Crippen molar-refractivity contribution >= 4 is 40.9 Å². The smallest absolute Gasteiger partial charge is 0.248 e. The summed E-state index contributed by atoms with van der Waals surface area (Å²) in [6, 6.07) is 8.84. The Kier molecular flexibility index (Phi) is 6.12. The van der Waals surface area contributed by atoms with Gasteiger partial charge in [-0.2, -0.15) is 0 Å². The van der Waals surface area contributed by atoms with Crippen molar-refractivity contribution in [2.45, 2.75) is 6.92 Å². The van der Waals surface area contributed by atoms with E-state index in [-0.39, 0.29) is 5.91 Å². The first kappa shape index (κ1) is 18.2. The van der Waals surface area contributed by atoms with Gasteiger partial charge >= 0.3 is 0 Å². The van der Waals surface area contributed by atoms with Gasteiger partial charge in [-0.3, -0.25) is 4.79 Å². The van der Waals surface area contributed by atoms with Crippen LogP contribution in [0.5, 0.6) is 11.5 Å². The molecule has 6 heteroatoms. The van der Waals surface area contributed by atoms with E-state index >= 15 is 0 Å². The van der Waals surface area contributed by atoms with Crippen LogP contribution in [0.15, 0.2) is 36.4 Å². The molecule has 1 N–H and O–H groups in total. The van der Waals surface area contributed by atoms with E-state index in [2.05, 4.69) is 5.32 Å². The summed E-state index contributed by atoms with van der Waals surface area (Å²) in [7, 11) is 3.03. The van der Waals surface area contributed by atoms with Gasteiger partial charge in [0.05, 0.1) is 30.0 Å². The zero-order valence-electron chi connectivity index (χ0n) is 13.5. The second-order valence-corrected chi connectivity index (χ2v) is 5.86. The molecule has 0 aliphatic rings. The number of rotatable bonds is 5. The Morgan fingerprint density at radius 1 is 1.08 bits per heavy atom. The lowest BCUT2D eigenvalue weighted by molar-refractivity contribution is -0.111. The second kappa shape index (κ2) is 8.08. The first-order valence-corrected chi connectivity index (χ1v) is 7.87. The van der Waals surface area contributed by atoms with E-state index in [9.17, 15) is 4.79 Å². The van der Waals surface area contributed by atoms with Gasteiger partial charge in [-0.05, 0) is 48.4 Å². The number of hydrogen-bond donors (Lipinski definition) is 1. The van der Waals surface area contributed by atoms with Gasteiger partial charge in [-0.1, -0.05) is 29.3 Å². The van der Waals surface area contributed by atoms with E-state index in [0.29, 0.717) is 32.8 Å². The normalized spacial score (nSPS) is 10.7. The summed E-state index contributed by atoms with van der Waals surface area (Å²) >= 11 is 12.2. The minimum absolute atomic E-state index is 0.299. The Morgan fingerprint density at radius 3 is 2.46 bits per heavy atom. The fourth-order valence-electron chi connectivity index (χ4n) is 2.10. The zero-order valence-corrected chi connectivity index (χ0v) is 15.0. The molecule has 0 saturated heterocycles. The summed E-state index contributed by atoms with van der Waals surface area (Å²) in [5.74, 6) is 0.644. The average molecular weight is 366 g/mol. The molecule has 0 fully saturated rings. The highest BCUT2D eigenvalue weighted by molar-refractivity contribution is 6.34. The van der Waals surface area contributed by atoms with Crippen LogP contribution in [0.3, 0.4) is 0 Å². The van der Waals surface area contributed by atoms with Crippen LogP contribution >= 0.6 is 23.2 Å². The van der Waals surface area contributed by atoms with Gasteiger partial charge in [-0.15, -0.1) is 0 Å². The Bertz CT molecular complexity index is 788. The van der Waals surface area contributed by atoms with Crippen molar-refractivity contribution in [2.75, 3.05) is 19.5 Å². The lowest BCUT2D eigenvalue weighted by atomic mass is 10.2. The lowest BCUT2D eigenvalue weighted by Gasteiger charge is -2.10. The largest absolute Gasteiger partial charge is 0.493 e. The Labute approximate surface area is 151 Å².